The Bertz CT molecular complexity index is 861. The van der Waals surface area contributed by atoms with Crippen molar-refractivity contribution in [3.05, 3.63) is 57.4 Å². The van der Waals surface area contributed by atoms with Gasteiger partial charge in [-0.3, -0.25) is 23.5 Å². The fraction of sp³-hybridized carbons (Fsp3) is 0.389. The first-order chi connectivity index (χ1) is 12.1. The standard InChI is InChI=1S/C18H21N3O4/c1-2-25-15-7-5-14(6-8-15)21-12-11-20(17(23)18(21)24)13-16(22)19-9-3-4-10-19/h5-8,11-12H,2-4,9-10,13H2,1H3. The summed E-state index contributed by atoms with van der Waals surface area (Å²) in [6.45, 7) is 3.79. The highest BCUT2D eigenvalue weighted by Gasteiger charge is 2.19. The molecule has 0 aliphatic carbocycles. The van der Waals surface area contributed by atoms with Crippen LogP contribution in [0.25, 0.3) is 5.69 Å². The number of likely N-dealkylation sites (tertiary alicyclic amines) is 1. The summed E-state index contributed by atoms with van der Waals surface area (Å²) in [5, 5.41) is 0. The molecule has 3 rings (SSSR count). The summed E-state index contributed by atoms with van der Waals surface area (Å²) in [5.74, 6) is 0.571. The first kappa shape index (κ1) is 17.0. The summed E-state index contributed by atoms with van der Waals surface area (Å²) < 4.78 is 7.81. The molecule has 0 bridgehead atoms. The summed E-state index contributed by atoms with van der Waals surface area (Å²) in [7, 11) is 0. The molecule has 1 saturated heterocycles. The SMILES string of the molecule is CCOc1ccc(-n2ccn(CC(=O)N3CCCC3)c(=O)c2=O)cc1. The van der Waals surface area contributed by atoms with Crippen LogP contribution in [0, 0.1) is 0 Å². The van der Waals surface area contributed by atoms with E-state index in [9.17, 15) is 14.4 Å². The lowest BCUT2D eigenvalue weighted by molar-refractivity contribution is -0.130. The van der Waals surface area contributed by atoms with E-state index in [4.69, 9.17) is 4.74 Å². The van der Waals surface area contributed by atoms with Gasteiger partial charge in [-0.15, -0.1) is 0 Å². The third-order valence-electron chi connectivity index (χ3n) is 4.25. The van der Waals surface area contributed by atoms with Gasteiger partial charge in [0.1, 0.15) is 12.3 Å². The van der Waals surface area contributed by atoms with Gasteiger partial charge in [0.05, 0.1) is 6.61 Å². The van der Waals surface area contributed by atoms with Crippen LogP contribution in [-0.2, 0) is 11.3 Å². The molecular formula is C18H21N3O4. The van der Waals surface area contributed by atoms with Crippen LogP contribution in [0.4, 0.5) is 0 Å². The molecule has 0 spiro atoms. The number of ether oxygens (including phenoxy) is 1. The Balaban J connectivity index is 1.83. The zero-order valence-corrected chi connectivity index (χ0v) is 14.2. The van der Waals surface area contributed by atoms with Crippen LogP contribution in [-0.4, -0.2) is 39.6 Å². The van der Waals surface area contributed by atoms with Gasteiger partial charge in [-0.05, 0) is 44.0 Å². The number of benzene rings is 1. The third kappa shape index (κ3) is 3.65. The molecule has 2 aromatic rings. The summed E-state index contributed by atoms with van der Waals surface area (Å²) in [4.78, 5) is 38.6. The van der Waals surface area contributed by atoms with Gasteiger partial charge in [0.2, 0.25) is 5.91 Å². The van der Waals surface area contributed by atoms with Gasteiger partial charge in [-0.25, -0.2) is 0 Å². The van der Waals surface area contributed by atoms with Crippen molar-refractivity contribution in [3.8, 4) is 11.4 Å². The van der Waals surface area contributed by atoms with E-state index in [0.717, 1.165) is 25.9 Å². The molecule has 0 atom stereocenters. The highest BCUT2D eigenvalue weighted by molar-refractivity contribution is 5.76. The van der Waals surface area contributed by atoms with E-state index >= 15 is 0 Å². The zero-order valence-electron chi connectivity index (χ0n) is 14.2. The molecule has 1 fully saturated rings. The molecule has 1 aromatic heterocycles. The number of nitrogens with zero attached hydrogens (tertiary/aromatic N) is 3. The summed E-state index contributed by atoms with van der Waals surface area (Å²) in [6.07, 6.45) is 4.96. The van der Waals surface area contributed by atoms with E-state index in [2.05, 4.69) is 0 Å². The number of carbonyl (C=O) groups is 1. The van der Waals surface area contributed by atoms with Crippen molar-refractivity contribution >= 4 is 5.91 Å². The third-order valence-corrected chi connectivity index (χ3v) is 4.25. The lowest BCUT2D eigenvalue weighted by Crippen LogP contribution is -2.43. The Kier molecular flexibility index (Phi) is 5.02. The van der Waals surface area contributed by atoms with Gasteiger partial charge in [-0.1, -0.05) is 0 Å². The minimum Gasteiger partial charge on any atom is -0.494 e. The second-order valence-corrected chi connectivity index (χ2v) is 5.92. The maximum absolute atomic E-state index is 12.4. The lowest BCUT2D eigenvalue weighted by Gasteiger charge is -2.16. The number of rotatable bonds is 5. The quantitative estimate of drug-likeness (QED) is 0.760. The normalized spacial score (nSPS) is 13.9. The highest BCUT2D eigenvalue weighted by atomic mass is 16.5. The smallest absolute Gasteiger partial charge is 0.320 e. The molecule has 1 amide bonds. The Morgan fingerprint density at radius 1 is 1.04 bits per heavy atom. The molecular weight excluding hydrogens is 322 g/mol. The maximum atomic E-state index is 12.4. The van der Waals surface area contributed by atoms with Crippen LogP contribution < -0.4 is 15.9 Å². The number of aromatic nitrogens is 2. The van der Waals surface area contributed by atoms with E-state index in [1.165, 1.54) is 21.5 Å². The van der Waals surface area contributed by atoms with Crippen molar-refractivity contribution in [3.63, 3.8) is 0 Å². The molecule has 0 unspecified atom stereocenters. The molecule has 7 heteroatoms. The average Bonchev–Trinajstić information content (AvgIpc) is 3.15. The molecule has 132 valence electrons. The second kappa shape index (κ2) is 7.38. The number of hydrogen-bond acceptors (Lipinski definition) is 4. The molecule has 0 N–H and O–H groups in total. The number of hydrogen-bond donors (Lipinski definition) is 0. The van der Waals surface area contributed by atoms with Crippen LogP contribution in [0.3, 0.4) is 0 Å². The summed E-state index contributed by atoms with van der Waals surface area (Å²) in [6, 6.07) is 6.92. The minimum atomic E-state index is -0.705. The molecule has 0 radical (unpaired) electrons. The van der Waals surface area contributed by atoms with Crippen molar-refractivity contribution in [1.29, 1.82) is 0 Å². The maximum Gasteiger partial charge on any atom is 0.320 e. The minimum absolute atomic E-state index is 0.0990. The van der Waals surface area contributed by atoms with Crippen molar-refractivity contribution in [2.24, 2.45) is 0 Å². The van der Waals surface area contributed by atoms with Crippen LogP contribution >= 0.6 is 0 Å². The van der Waals surface area contributed by atoms with Crippen LogP contribution in [0.15, 0.2) is 46.2 Å². The fourth-order valence-corrected chi connectivity index (χ4v) is 2.92. The van der Waals surface area contributed by atoms with Crippen molar-refractivity contribution in [2.75, 3.05) is 19.7 Å². The van der Waals surface area contributed by atoms with Gasteiger partial charge in [0, 0.05) is 31.2 Å². The van der Waals surface area contributed by atoms with Crippen molar-refractivity contribution in [1.82, 2.24) is 14.0 Å². The van der Waals surface area contributed by atoms with Gasteiger partial charge in [-0.2, -0.15) is 0 Å². The van der Waals surface area contributed by atoms with Gasteiger partial charge < -0.3 is 9.64 Å². The first-order valence-electron chi connectivity index (χ1n) is 8.43. The predicted molar refractivity (Wildman–Crippen MR) is 93.3 cm³/mol. The molecule has 2 heterocycles. The zero-order chi connectivity index (χ0) is 17.8. The van der Waals surface area contributed by atoms with Gasteiger partial charge in [0.15, 0.2) is 0 Å². The van der Waals surface area contributed by atoms with E-state index < -0.39 is 11.1 Å². The number of carbonyl (C=O) groups excluding carboxylic acids is 1. The van der Waals surface area contributed by atoms with Crippen molar-refractivity contribution < 1.29 is 9.53 Å². The van der Waals surface area contributed by atoms with E-state index in [1.807, 2.05) is 6.92 Å². The van der Waals surface area contributed by atoms with Crippen LogP contribution in [0.1, 0.15) is 19.8 Å². The lowest BCUT2D eigenvalue weighted by atomic mass is 10.3. The highest BCUT2D eigenvalue weighted by Crippen LogP contribution is 2.14. The Morgan fingerprint density at radius 3 is 2.36 bits per heavy atom. The van der Waals surface area contributed by atoms with Crippen molar-refractivity contribution in [2.45, 2.75) is 26.3 Å². The fourth-order valence-electron chi connectivity index (χ4n) is 2.92. The Morgan fingerprint density at radius 2 is 1.72 bits per heavy atom. The molecule has 1 aliphatic heterocycles. The van der Waals surface area contributed by atoms with E-state index in [1.54, 1.807) is 29.2 Å². The Hall–Kier alpha value is -2.83. The second-order valence-electron chi connectivity index (χ2n) is 5.92. The van der Waals surface area contributed by atoms with E-state index in [0.29, 0.717) is 18.0 Å². The molecule has 1 aliphatic rings. The summed E-state index contributed by atoms with van der Waals surface area (Å²) >= 11 is 0. The van der Waals surface area contributed by atoms with Gasteiger partial charge in [0.25, 0.3) is 0 Å². The molecule has 1 aromatic carbocycles. The van der Waals surface area contributed by atoms with Gasteiger partial charge >= 0.3 is 11.1 Å². The monoisotopic (exact) mass is 343 g/mol. The van der Waals surface area contributed by atoms with E-state index in [-0.39, 0.29) is 12.5 Å². The average molecular weight is 343 g/mol. The topological polar surface area (TPSA) is 73.5 Å². The van der Waals surface area contributed by atoms with Crippen LogP contribution in [0.5, 0.6) is 5.75 Å². The molecule has 7 nitrogen and oxygen atoms in total. The first-order valence-corrected chi connectivity index (χ1v) is 8.43. The Labute approximate surface area is 145 Å². The predicted octanol–water partition coefficient (Wildman–Crippen LogP) is 1.02. The molecule has 25 heavy (non-hydrogen) atoms. The summed E-state index contributed by atoms with van der Waals surface area (Å²) in [5.41, 5.74) is -0.812. The number of amides is 1. The molecule has 0 saturated carbocycles. The largest absolute Gasteiger partial charge is 0.494 e. The van der Waals surface area contributed by atoms with Crippen LogP contribution in [0.2, 0.25) is 0 Å².